The maximum atomic E-state index is 13.4. The zero-order chi connectivity index (χ0) is 21.6. The Morgan fingerprint density at radius 3 is 2.32 bits per heavy atom. The van der Waals surface area contributed by atoms with E-state index >= 15 is 0 Å². The van der Waals surface area contributed by atoms with Crippen LogP contribution in [0.2, 0.25) is 10.0 Å². The van der Waals surface area contributed by atoms with Crippen LogP contribution in [-0.2, 0) is 10.2 Å². The van der Waals surface area contributed by atoms with E-state index in [1.807, 2.05) is 53.4 Å². The molecule has 31 heavy (non-hydrogen) atoms. The van der Waals surface area contributed by atoms with E-state index in [9.17, 15) is 4.79 Å². The number of piperazine rings is 1. The molecule has 0 spiro atoms. The summed E-state index contributed by atoms with van der Waals surface area (Å²) in [7, 11) is 0. The lowest BCUT2D eigenvalue weighted by Gasteiger charge is -2.38. The zero-order valence-electron chi connectivity index (χ0n) is 17.3. The van der Waals surface area contributed by atoms with E-state index in [1.165, 1.54) is 5.56 Å². The number of amides is 1. The van der Waals surface area contributed by atoms with Gasteiger partial charge in [0.2, 0.25) is 5.91 Å². The first-order chi connectivity index (χ1) is 15.0. The molecule has 1 saturated heterocycles. The van der Waals surface area contributed by atoms with E-state index < -0.39 is 5.41 Å². The molecule has 1 aliphatic heterocycles. The largest absolute Gasteiger partial charge is 0.368 e. The molecule has 1 aliphatic carbocycles. The Kier molecular flexibility index (Phi) is 5.19. The molecule has 0 bridgehead atoms. The van der Waals surface area contributed by atoms with Crippen molar-refractivity contribution in [3.05, 3.63) is 69.8 Å². The third-order valence-corrected chi connectivity index (χ3v) is 6.85. The number of anilines is 1. The van der Waals surface area contributed by atoms with Crippen LogP contribution in [0.15, 0.2) is 53.1 Å². The molecule has 1 aromatic heterocycles. The summed E-state index contributed by atoms with van der Waals surface area (Å²) in [6.45, 7) is 5.05. The van der Waals surface area contributed by atoms with E-state index in [0.717, 1.165) is 47.9 Å². The lowest BCUT2D eigenvalue weighted by atomic mass is 9.99. The highest BCUT2D eigenvalue weighted by Crippen LogP contribution is 2.50. The van der Waals surface area contributed by atoms with Gasteiger partial charge >= 0.3 is 0 Å². The van der Waals surface area contributed by atoms with Crippen LogP contribution in [0.1, 0.15) is 24.1 Å². The summed E-state index contributed by atoms with van der Waals surface area (Å²) in [6.07, 6.45) is 1.62. The lowest BCUT2D eigenvalue weighted by molar-refractivity contribution is -0.134. The number of carbonyl (C=O) groups excluding carboxylic acids is 1. The monoisotopic (exact) mass is 455 g/mol. The number of halogens is 2. The van der Waals surface area contributed by atoms with Crippen molar-refractivity contribution in [2.75, 3.05) is 31.1 Å². The molecule has 0 unspecified atom stereocenters. The van der Waals surface area contributed by atoms with Crippen LogP contribution in [-0.4, -0.2) is 42.1 Å². The fourth-order valence-electron chi connectivity index (χ4n) is 4.33. The summed E-state index contributed by atoms with van der Waals surface area (Å²) >= 11 is 12.2. The molecule has 5 nitrogen and oxygen atoms in total. The maximum absolute atomic E-state index is 13.4. The summed E-state index contributed by atoms with van der Waals surface area (Å²) in [5, 5.41) is 5.67. The van der Waals surface area contributed by atoms with Gasteiger partial charge in [-0.25, -0.2) is 0 Å². The second kappa shape index (κ2) is 7.88. The lowest BCUT2D eigenvalue weighted by Crippen LogP contribution is -2.51. The average Bonchev–Trinajstić information content (AvgIpc) is 3.45. The van der Waals surface area contributed by atoms with Gasteiger partial charge in [0.25, 0.3) is 0 Å². The third kappa shape index (κ3) is 3.81. The quantitative estimate of drug-likeness (QED) is 0.532. The number of rotatable bonds is 4. The van der Waals surface area contributed by atoms with Gasteiger partial charge in [-0.05, 0) is 61.7 Å². The Morgan fingerprint density at radius 2 is 1.65 bits per heavy atom. The third-order valence-electron chi connectivity index (χ3n) is 6.37. The first kappa shape index (κ1) is 20.4. The fourth-order valence-corrected chi connectivity index (χ4v) is 4.62. The minimum absolute atomic E-state index is 0.158. The molecule has 0 radical (unpaired) electrons. The van der Waals surface area contributed by atoms with Crippen molar-refractivity contribution in [3.63, 3.8) is 0 Å². The highest BCUT2D eigenvalue weighted by Gasteiger charge is 2.55. The van der Waals surface area contributed by atoms with Crippen LogP contribution in [0.3, 0.4) is 0 Å². The van der Waals surface area contributed by atoms with Crippen molar-refractivity contribution in [1.29, 1.82) is 0 Å². The summed E-state index contributed by atoms with van der Waals surface area (Å²) < 4.78 is 5.57. The Labute approximate surface area is 191 Å². The smallest absolute Gasteiger partial charge is 0.235 e. The maximum Gasteiger partial charge on any atom is 0.235 e. The number of nitrogens with zero attached hydrogens (tertiary/aromatic N) is 3. The molecule has 7 heteroatoms. The molecule has 0 atom stereocenters. The molecule has 2 fully saturated rings. The van der Waals surface area contributed by atoms with Crippen molar-refractivity contribution in [2.45, 2.75) is 25.2 Å². The predicted molar refractivity (Wildman–Crippen MR) is 123 cm³/mol. The van der Waals surface area contributed by atoms with Gasteiger partial charge < -0.3 is 14.3 Å². The van der Waals surface area contributed by atoms with E-state index in [0.29, 0.717) is 23.9 Å². The van der Waals surface area contributed by atoms with Gasteiger partial charge in [0.05, 0.1) is 11.1 Å². The average molecular weight is 456 g/mol. The Morgan fingerprint density at radius 1 is 0.968 bits per heavy atom. The Balaban J connectivity index is 1.29. The first-order valence-corrected chi connectivity index (χ1v) is 11.3. The van der Waals surface area contributed by atoms with Gasteiger partial charge in [-0.2, -0.15) is 0 Å². The van der Waals surface area contributed by atoms with Gasteiger partial charge in [-0.3, -0.25) is 4.79 Å². The molecule has 3 aromatic rings. The summed E-state index contributed by atoms with van der Waals surface area (Å²) in [5.41, 5.74) is 3.43. The molecule has 5 rings (SSSR count). The number of aromatic nitrogens is 1. The van der Waals surface area contributed by atoms with Crippen LogP contribution in [0.25, 0.3) is 11.3 Å². The SMILES string of the molecule is Cc1ccc(Cl)cc1N1CCN(C(=O)C2(c3cc(-c4ccc(Cl)cc4)on3)CC2)CC1. The number of hydrogen-bond donors (Lipinski definition) is 0. The fraction of sp³-hybridized carbons (Fsp3) is 0.333. The van der Waals surface area contributed by atoms with Crippen molar-refractivity contribution >= 4 is 34.8 Å². The van der Waals surface area contributed by atoms with E-state index in [2.05, 4.69) is 17.0 Å². The van der Waals surface area contributed by atoms with E-state index in [-0.39, 0.29) is 5.91 Å². The molecule has 2 heterocycles. The molecule has 1 amide bonds. The molecule has 0 N–H and O–H groups in total. The summed E-state index contributed by atoms with van der Waals surface area (Å²) in [5.74, 6) is 0.818. The standard InChI is InChI=1S/C24H23Cl2N3O2/c1-16-2-5-19(26)14-20(16)28-10-12-29(13-11-28)23(30)24(8-9-24)22-15-21(31-27-22)17-3-6-18(25)7-4-17/h2-7,14-15H,8-13H2,1H3. The second-order valence-electron chi connectivity index (χ2n) is 8.38. The van der Waals surface area contributed by atoms with Gasteiger partial charge in [-0.15, -0.1) is 0 Å². The number of hydrogen-bond acceptors (Lipinski definition) is 4. The normalized spacial score (nSPS) is 17.6. The Hall–Kier alpha value is -2.50. The molecule has 2 aliphatic rings. The number of aryl methyl sites for hydroxylation is 1. The summed E-state index contributed by atoms with van der Waals surface area (Å²) in [6, 6.07) is 15.3. The Bertz CT molecular complexity index is 1110. The molecule has 2 aromatic carbocycles. The molecule has 1 saturated carbocycles. The number of benzene rings is 2. The van der Waals surface area contributed by atoms with Crippen molar-refractivity contribution in [3.8, 4) is 11.3 Å². The molecule has 160 valence electrons. The van der Waals surface area contributed by atoms with E-state index in [1.54, 1.807) is 0 Å². The van der Waals surface area contributed by atoms with Crippen molar-refractivity contribution in [1.82, 2.24) is 10.1 Å². The minimum atomic E-state index is -0.539. The van der Waals surface area contributed by atoms with Gasteiger partial charge in [0.1, 0.15) is 0 Å². The van der Waals surface area contributed by atoms with Crippen molar-refractivity contribution < 1.29 is 9.32 Å². The van der Waals surface area contributed by atoms with Crippen LogP contribution < -0.4 is 4.90 Å². The van der Waals surface area contributed by atoms with Crippen molar-refractivity contribution in [2.24, 2.45) is 0 Å². The van der Waals surface area contributed by atoms with Gasteiger partial charge in [-0.1, -0.05) is 34.4 Å². The topological polar surface area (TPSA) is 49.6 Å². The minimum Gasteiger partial charge on any atom is -0.368 e. The van der Waals surface area contributed by atoms with Crippen LogP contribution in [0.4, 0.5) is 5.69 Å². The second-order valence-corrected chi connectivity index (χ2v) is 9.25. The van der Waals surface area contributed by atoms with E-state index in [4.69, 9.17) is 27.7 Å². The van der Waals surface area contributed by atoms with Crippen LogP contribution >= 0.6 is 23.2 Å². The summed E-state index contributed by atoms with van der Waals surface area (Å²) in [4.78, 5) is 17.7. The van der Waals surface area contributed by atoms with Crippen LogP contribution in [0.5, 0.6) is 0 Å². The molecular formula is C24H23Cl2N3O2. The number of carbonyl (C=O) groups is 1. The zero-order valence-corrected chi connectivity index (χ0v) is 18.8. The first-order valence-electron chi connectivity index (χ1n) is 10.5. The highest BCUT2D eigenvalue weighted by molar-refractivity contribution is 6.31. The highest BCUT2D eigenvalue weighted by atomic mass is 35.5. The van der Waals surface area contributed by atoms with Crippen LogP contribution in [0, 0.1) is 6.92 Å². The molecular weight excluding hydrogens is 433 g/mol. The predicted octanol–water partition coefficient (Wildman–Crippen LogP) is 5.34. The van der Waals surface area contributed by atoms with Gasteiger partial charge in [0.15, 0.2) is 5.76 Å². The van der Waals surface area contributed by atoms with Gasteiger partial charge in [0, 0.05) is 53.5 Å².